The first-order valence-corrected chi connectivity index (χ1v) is 13.1. The summed E-state index contributed by atoms with van der Waals surface area (Å²) in [5.41, 5.74) is 1.42. The van der Waals surface area contributed by atoms with E-state index >= 15 is 0 Å². The summed E-state index contributed by atoms with van der Waals surface area (Å²) in [4.78, 5) is 45.4. The minimum absolute atomic E-state index is 0.223. The van der Waals surface area contributed by atoms with Crippen molar-refractivity contribution in [2.24, 2.45) is 5.41 Å². The highest BCUT2D eigenvalue weighted by Crippen LogP contribution is 2.61. The molecule has 6 heteroatoms. The molecule has 4 nitrogen and oxygen atoms in total. The molecule has 3 atom stereocenters. The Balaban J connectivity index is 1.55. The zero-order valence-corrected chi connectivity index (χ0v) is 21.3. The Kier molecular flexibility index (Phi) is 5.23. The molecule has 0 amide bonds. The fourth-order valence-corrected chi connectivity index (χ4v) is 6.89. The average molecular weight is 534 g/mol. The predicted octanol–water partition coefficient (Wildman–Crippen LogP) is 6.80. The fraction of sp³-hybridized carbons (Fsp3) is 0.121. The van der Waals surface area contributed by atoms with Crippen LogP contribution in [0.3, 0.4) is 0 Å². The molecule has 4 aromatic carbocycles. The van der Waals surface area contributed by atoms with E-state index in [1.165, 1.54) is 12.1 Å². The topological polar surface area (TPSA) is 54.5 Å². The van der Waals surface area contributed by atoms with E-state index in [4.69, 9.17) is 11.6 Å². The van der Waals surface area contributed by atoms with Gasteiger partial charge in [0.25, 0.3) is 0 Å². The third-order valence-corrected chi connectivity index (χ3v) is 8.57. The molecule has 1 fully saturated rings. The van der Waals surface area contributed by atoms with Gasteiger partial charge in [0.1, 0.15) is 17.3 Å². The molecule has 3 aliphatic rings. The van der Waals surface area contributed by atoms with Crippen molar-refractivity contribution in [2.75, 3.05) is 4.90 Å². The second-order valence-electron chi connectivity index (χ2n) is 10.2. The summed E-state index contributed by atoms with van der Waals surface area (Å²) in [6.07, 6.45) is 3.53. The normalized spacial score (nSPS) is 22.1. The summed E-state index contributed by atoms with van der Waals surface area (Å²) in [5.74, 6) is -2.08. The van der Waals surface area contributed by atoms with E-state index in [9.17, 15) is 18.8 Å². The first-order valence-electron chi connectivity index (χ1n) is 12.7. The van der Waals surface area contributed by atoms with Crippen LogP contribution in [0.4, 0.5) is 10.1 Å². The molecule has 0 saturated carbocycles. The van der Waals surface area contributed by atoms with Crippen LogP contribution >= 0.6 is 11.6 Å². The van der Waals surface area contributed by atoms with Crippen molar-refractivity contribution in [1.29, 1.82) is 0 Å². The van der Waals surface area contributed by atoms with Crippen molar-refractivity contribution in [3.05, 3.63) is 142 Å². The highest BCUT2D eigenvalue weighted by molar-refractivity contribution is 6.32. The lowest BCUT2D eigenvalue weighted by Gasteiger charge is -2.37. The molecule has 190 valence electrons. The van der Waals surface area contributed by atoms with Gasteiger partial charge in [-0.1, -0.05) is 90.5 Å². The molecule has 0 radical (unpaired) electrons. The van der Waals surface area contributed by atoms with Crippen LogP contribution in [0, 0.1) is 11.2 Å². The summed E-state index contributed by atoms with van der Waals surface area (Å²) >= 11 is 6.24. The van der Waals surface area contributed by atoms with Crippen molar-refractivity contribution >= 4 is 40.7 Å². The van der Waals surface area contributed by atoms with Gasteiger partial charge >= 0.3 is 0 Å². The minimum Gasteiger partial charge on any atom is -0.352 e. The number of halogens is 2. The molecule has 2 aliphatic heterocycles. The van der Waals surface area contributed by atoms with Crippen LogP contribution in [0.15, 0.2) is 103 Å². The lowest BCUT2D eigenvalue weighted by Crippen LogP contribution is -2.48. The van der Waals surface area contributed by atoms with E-state index in [1.807, 2.05) is 11.0 Å². The number of carbonyl (C=O) groups excluding carboxylic acids is 3. The van der Waals surface area contributed by atoms with Crippen LogP contribution < -0.4 is 4.90 Å². The number of nitrogens with zero attached hydrogens (tertiary/aromatic N) is 1. The number of rotatable bonds is 3. The van der Waals surface area contributed by atoms with E-state index in [-0.39, 0.29) is 17.3 Å². The SMILES string of the molecule is O=C(c1ccccc1)[C@@H]1[C@@H](c2ccc(Cl)cc2)C2(C(=O)c3ccccc3C2=O)[C@H]2C=Cc3cc(F)ccc3N12. The second-order valence-corrected chi connectivity index (χ2v) is 10.6. The Morgan fingerprint density at radius 3 is 2.13 bits per heavy atom. The van der Waals surface area contributed by atoms with E-state index in [1.54, 1.807) is 91.0 Å². The molecular formula is C33H21ClFNO3. The summed E-state index contributed by atoms with van der Waals surface area (Å²) in [6.45, 7) is 0. The quantitative estimate of drug-likeness (QED) is 0.215. The molecule has 0 N–H and O–H groups in total. The number of anilines is 1. The number of hydrogen-bond donors (Lipinski definition) is 0. The maximum atomic E-state index is 14.5. The molecule has 39 heavy (non-hydrogen) atoms. The number of benzene rings is 4. The maximum Gasteiger partial charge on any atom is 0.185 e. The van der Waals surface area contributed by atoms with Crippen LogP contribution in [0.5, 0.6) is 0 Å². The van der Waals surface area contributed by atoms with Crippen LogP contribution in [-0.2, 0) is 0 Å². The van der Waals surface area contributed by atoms with Crippen molar-refractivity contribution in [2.45, 2.75) is 18.0 Å². The largest absolute Gasteiger partial charge is 0.352 e. The predicted molar refractivity (Wildman–Crippen MR) is 148 cm³/mol. The summed E-state index contributed by atoms with van der Waals surface area (Å²) in [6, 6.07) is 25.4. The molecule has 1 aliphatic carbocycles. The molecular weight excluding hydrogens is 513 g/mol. The van der Waals surface area contributed by atoms with Crippen LogP contribution in [0.2, 0.25) is 5.02 Å². The third kappa shape index (κ3) is 3.20. The highest BCUT2D eigenvalue weighted by Gasteiger charge is 2.71. The zero-order valence-electron chi connectivity index (χ0n) is 20.6. The number of ketones is 3. The van der Waals surface area contributed by atoms with Gasteiger partial charge in [-0.15, -0.1) is 0 Å². The molecule has 1 spiro atoms. The summed E-state index contributed by atoms with van der Waals surface area (Å²) in [5, 5.41) is 0.502. The fourth-order valence-electron chi connectivity index (χ4n) is 6.76. The molecule has 0 aromatic heterocycles. The number of fused-ring (bicyclic) bond motifs is 5. The Bertz CT molecular complexity index is 1680. The standard InChI is InChI=1S/C33H21ClFNO3/c34-22-13-10-19(11-14-22)28-29(30(37)20-6-2-1-3-7-20)36-26-16-15-23(35)18-21(26)12-17-27(36)33(28)31(38)24-8-4-5-9-25(24)32(33)39/h1-18,27-29H/t27-,28-,29+/m1/s1. The van der Waals surface area contributed by atoms with Gasteiger partial charge in [0, 0.05) is 38.9 Å². The maximum absolute atomic E-state index is 14.5. The van der Waals surface area contributed by atoms with Gasteiger partial charge in [-0.25, -0.2) is 4.39 Å². The molecule has 2 heterocycles. The van der Waals surface area contributed by atoms with Gasteiger partial charge in [-0.05, 0) is 35.9 Å². The molecule has 1 saturated heterocycles. The number of Topliss-reactive ketones (excluding diaryl/α,β-unsaturated/α-hetero) is 3. The molecule has 4 aromatic rings. The first-order chi connectivity index (χ1) is 18.9. The van der Waals surface area contributed by atoms with Crippen molar-refractivity contribution in [3.8, 4) is 0 Å². The number of carbonyl (C=O) groups is 3. The lowest BCUT2D eigenvalue weighted by molar-refractivity contribution is 0.0666. The Labute approximate surface area is 229 Å². The molecule has 7 rings (SSSR count). The summed E-state index contributed by atoms with van der Waals surface area (Å²) in [7, 11) is 0. The average Bonchev–Trinajstić information content (AvgIpc) is 3.39. The smallest absolute Gasteiger partial charge is 0.185 e. The molecule has 0 unspecified atom stereocenters. The van der Waals surface area contributed by atoms with E-state index < -0.39 is 29.2 Å². The van der Waals surface area contributed by atoms with E-state index in [0.29, 0.717) is 38.5 Å². The van der Waals surface area contributed by atoms with Crippen molar-refractivity contribution in [3.63, 3.8) is 0 Å². The van der Waals surface area contributed by atoms with Gasteiger partial charge in [0.15, 0.2) is 17.3 Å². The highest BCUT2D eigenvalue weighted by atomic mass is 35.5. The zero-order chi connectivity index (χ0) is 26.9. The third-order valence-electron chi connectivity index (χ3n) is 8.32. The van der Waals surface area contributed by atoms with Crippen molar-refractivity contribution < 1.29 is 18.8 Å². The Morgan fingerprint density at radius 1 is 0.821 bits per heavy atom. The van der Waals surface area contributed by atoms with Gasteiger partial charge in [-0.2, -0.15) is 0 Å². The minimum atomic E-state index is -1.60. The van der Waals surface area contributed by atoms with Crippen LogP contribution in [0.25, 0.3) is 6.08 Å². The molecule has 0 bridgehead atoms. The van der Waals surface area contributed by atoms with Crippen LogP contribution in [0.1, 0.15) is 48.1 Å². The van der Waals surface area contributed by atoms with E-state index in [0.717, 1.165) is 0 Å². The van der Waals surface area contributed by atoms with Gasteiger partial charge in [0.2, 0.25) is 0 Å². The Morgan fingerprint density at radius 2 is 1.46 bits per heavy atom. The van der Waals surface area contributed by atoms with E-state index in [2.05, 4.69) is 0 Å². The second kappa shape index (κ2) is 8.58. The first kappa shape index (κ1) is 23.7. The van der Waals surface area contributed by atoms with Crippen LogP contribution in [-0.4, -0.2) is 29.4 Å². The van der Waals surface area contributed by atoms with Gasteiger partial charge < -0.3 is 4.90 Å². The monoisotopic (exact) mass is 533 g/mol. The van der Waals surface area contributed by atoms with Gasteiger partial charge in [-0.3, -0.25) is 14.4 Å². The number of hydrogen-bond acceptors (Lipinski definition) is 4. The van der Waals surface area contributed by atoms with Gasteiger partial charge in [0.05, 0.1) is 6.04 Å². The Hall–Kier alpha value is -4.35. The van der Waals surface area contributed by atoms with Crippen molar-refractivity contribution in [1.82, 2.24) is 0 Å². The lowest BCUT2D eigenvalue weighted by atomic mass is 9.64. The summed E-state index contributed by atoms with van der Waals surface area (Å²) < 4.78 is 14.3.